The van der Waals surface area contributed by atoms with Gasteiger partial charge in [-0.1, -0.05) is 129 Å². The molecular formula is C31H47N3O2. The summed E-state index contributed by atoms with van der Waals surface area (Å²) in [5, 5.41) is 18.9. The van der Waals surface area contributed by atoms with E-state index >= 15 is 0 Å². The number of carbonyl (C=O) groups is 1. The van der Waals surface area contributed by atoms with Gasteiger partial charge in [0.2, 0.25) is 0 Å². The van der Waals surface area contributed by atoms with Crippen molar-refractivity contribution in [2.75, 3.05) is 0 Å². The van der Waals surface area contributed by atoms with Gasteiger partial charge in [-0.15, -0.1) is 5.10 Å². The van der Waals surface area contributed by atoms with Gasteiger partial charge in [-0.3, -0.25) is 4.79 Å². The molecular weight excluding hydrogens is 446 g/mol. The topological polar surface area (TPSA) is 68.0 Å². The van der Waals surface area contributed by atoms with E-state index in [9.17, 15) is 9.90 Å². The van der Waals surface area contributed by atoms with Gasteiger partial charge < -0.3 is 5.11 Å². The molecule has 0 amide bonds. The molecule has 0 saturated carbocycles. The SMILES string of the molecule is C=C/C=C\C(=C/C=C)C(CC(=C/C=C)/C(=C\C)n1nc(C)c(/C=C\C=C)n1)C(=O)O.CC.CC.CC. The summed E-state index contributed by atoms with van der Waals surface area (Å²) in [5.41, 5.74) is 3.51. The molecule has 0 spiro atoms. The van der Waals surface area contributed by atoms with E-state index in [-0.39, 0.29) is 6.42 Å². The highest BCUT2D eigenvalue weighted by Gasteiger charge is 2.24. The van der Waals surface area contributed by atoms with Crippen LogP contribution in [-0.4, -0.2) is 26.1 Å². The fourth-order valence-corrected chi connectivity index (χ4v) is 2.81. The van der Waals surface area contributed by atoms with Gasteiger partial charge in [0.05, 0.1) is 17.3 Å². The molecule has 1 N–H and O–H groups in total. The van der Waals surface area contributed by atoms with Gasteiger partial charge in [-0.2, -0.15) is 9.90 Å². The Hall–Kier alpha value is -3.73. The van der Waals surface area contributed by atoms with Crippen LogP contribution in [0.2, 0.25) is 0 Å². The van der Waals surface area contributed by atoms with Crippen LogP contribution in [0.3, 0.4) is 0 Å². The zero-order valence-corrected chi connectivity index (χ0v) is 23.7. The maximum absolute atomic E-state index is 12.1. The number of rotatable bonds is 12. The molecule has 0 aliphatic rings. The molecule has 1 atom stereocenters. The normalized spacial score (nSPS) is 12.3. The molecule has 0 fully saturated rings. The maximum Gasteiger partial charge on any atom is 0.311 e. The van der Waals surface area contributed by atoms with Crippen molar-refractivity contribution < 1.29 is 9.90 Å². The number of nitrogens with zero attached hydrogens (tertiary/aromatic N) is 3. The highest BCUT2D eigenvalue weighted by molar-refractivity contribution is 5.77. The number of aryl methyl sites for hydroxylation is 1. The lowest BCUT2D eigenvalue weighted by atomic mass is 9.89. The van der Waals surface area contributed by atoms with E-state index in [1.165, 1.54) is 4.80 Å². The van der Waals surface area contributed by atoms with Crippen LogP contribution in [0.15, 0.2) is 98.2 Å². The van der Waals surface area contributed by atoms with Gasteiger partial charge in [0.25, 0.3) is 0 Å². The Kier molecular flexibility index (Phi) is 25.0. The van der Waals surface area contributed by atoms with Crippen LogP contribution in [0.25, 0.3) is 11.8 Å². The third kappa shape index (κ3) is 13.2. The minimum Gasteiger partial charge on any atom is -0.481 e. The molecule has 0 aromatic carbocycles. The molecule has 5 nitrogen and oxygen atoms in total. The summed E-state index contributed by atoms with van der Waals surface area (Å²) in [7, 11) is 0. The van der Waals surface area contributed by atoms with Gasteiger partial charge in [0, 0.05) is 0 Å². The number of allylic oxidation sites excluding steroid dienone is 12. The Labute approximate surface area is 220 Å². The predicted octanol–water partition coefficient (Wildman–Crippen LogP) is 8.78. The largest absolute Gasteiger partial charge is 0.481 e. The summed E-state index contributed by atoms with van der Waals surface area (Å²) < 4.78 is 0. The number of hydrogen-bond acceptors (Lipinski definition) is 3. The molecule has 0 saturated heterocycles. The second-order valence-electron chi connectivity index (χ2n) is 6.25. The van der Waals surface area contributed by atoms with Crippen molar-refractivity contribution in [3.8, 4) is 0 Å². The van der Waals surface area contributed by atoms with E-state index in [4.69, 9.17) is 0 Å². The van der Waals surface area contributed by atoms with E-state index in [1.807, 2.05) is 67.5 Å². The molecule has 0 aliphatic heterocycles. The molecule has 1 unspecified atom stereocenters. The second kappa shape index (κ2) is 24.4. The standard InChI is InChI=1S/C25H29N3O2.3C2H6/c1-7-12-16-20(14-9-3)22(25(29)30)18-21(15-10-4)24(11-5)28-26-19(6)23(27-28)17-13-8-2;3*1-2/h7-17,22H,1-4,18H2,5-6H3,(H,29,30);3*1-2H3/b16-12-,17-13-,20-14+,21-15-,24-11+;;;. The summed E-state index contributed by atoms with van der Waals surface area (Å²) in [5.74, 6) is -1.74. The fraction of sp³-hybridized carbons (Fsp3) is 0.323. The highest BCUT2D eigenvalue weighted by Crippen LogP contribution is 2.28. The lowest BCUT2D eigenvalue weighted by Gasteiger charge is -2.18. The molecule has 198 valence electrons. The fourth-order valence-electron chi connectivity index (χ4n) is 2.81. The Morgan fingerprint density at radius 2 is 1.47 bits per heavy atom. The van der Waals surface area contributed by atoms with Gasteiger partial charge in [-0.05, 0) is 37.5 Å². The van der Waals surface area contributed by atoms with Crippen molar-refractivity contribution in [1.82, 2.24) is 15.0 Å². The summed E-state index contributed by atoms with van der Waals surface area (Å²) >= 11 is 0. The molecule has 1 aromatic heterocycles. The molecule has 5 heteroatoms. The maximum atomic E-state index is 12.1. The first kappa shape index (κ1) is 36.8. The van der Waals surface area contributed by atoms with Crippen LogP contribution >= 0.6 is 0 Å². The number of carboxylic acid groups (broad SMARTS) is 1. The quantitative estimate of drug-likeness (QED) is 0.295. The van der Waals surface area contributed by atoms with Crippen molar-refractivity contribution in [2.24, 2.45) is 5.92 Å². The smallest absolute Gasteiger partial charge is 0.311 e. The third-order valence-corrected chi connectivity index (χ3v) is 4.20. The van der Waals surface area contributed by atoms with E-state index in [0.717, 1.165) is 11.3 Å². The number of aromatic nitrogens is 3. The summed E-state index contributed by atoms with van der Waals surface area (Å²) in [6.45, 7) is 30.5. The molecule has 1 heterocycles. The molecule has 0 bridgehead atoms. The van der Waals surface area contributed by atoms with Crippen LogP contribution in [-0.2, 0) is 4.79 Å². The number of aliphatic carboxylic acids is 1. The van der Waals surface area contributed by atoms with Crippen LogP contribution in [0.1, 0.15) is 66.3 Å². The molecule has 1 rings (SSSR count). The Balaban J connectivity index is -0.00000168. The summed E-state index contributed by atoms with van der Waals surface area (Å²) in [6.07, 6.45) is 19.1. The van der Waals surface area contributed by atoms with Gasteiger partial charge >= 0.3 is 5.97 Å². The molecule has 0 radical (unpaired) electrons. The van der Waals surface area contributed by atoms with Crippen molar-refractivity contribution >= 4 is 17.7 Å². The van der Waals surface area contributed by atoms with E-state index < -0.39 is 11.9 Å². The van der Waals surface area contributed by atoms with E-state index in [0.29, 0.717) is 17.0 Å². The van der Waals surface area contributed by atoms with Crippen LogP contribution in [0, 0.1) is 12.8 Å². The average Bonchev–Trinajstić information content (AvgIpc) is 3.27. The molecule has 36 heavy (non-hydrogen) atoms. The minimum atomic E-state index is -0.943. The zero-order valence-electron chi connectivity index (χ0n) is 23.7. The first-order valence-electron chi connectivity index (χ1n) is 12.5. The summed E-state index contributed by atoms with van der Waals surface area (Å²) in [4.78, 5) is 13.6. The van der Waals surface area contributed by atoms with Gasteiger partial charge in [-0.25, -0.2) is 0 Å². The lowest BCUT2D eigenvalue weighted by Crippen LogP contribution is -2.18. The predicted molar refractivity (Wildman–Crippen MR) is 160 cm³/mol. The third-order valence-electron chi connectivity index (χ3n) is 4.20. The first-order chi connectivity index (χ1) is 17.4. The Bertz CT molecular complexity index is 954. The van der Waals surface area contributed by atoms with Gasteiger partial charge in [0.1, 0.15) is 5.69 Å². The molecule has 1 aromatic rings. The Morgan fingerprint density at radius 3 is 1.92 bits per heavy atom. The van der Waals surface area contributed by atoms with E-state index in [2.05, 4.69) is 36.5 Å². The van der Waals surface area contributed by atoms with Crippen LogP contribution < -0.4 is 0 Å². The zero-order chi connectivity index (χ0) is 28.5. The van der Waals surface area contributed by atoms with Crippen molar-refractivity contribution in [2.45, 2.75) is 61.8 Å². The van der Waals surface area contributed by atoms with Crippen molar-refractivity contribution in [1.29, 1.82) is 0 Å². The first-order valence-corrected chi connectivity index (χ1v) is 12.5. The molecule has 0 aliphatic carbocycles. The number of carboxylic acids is 1. The Morgan fingerprint density at radius 1 is 0.917 bits per heavy atom. The average molecular weight is 494 g/mol. The van der Waals surface area contributed by atoms with Crippen molar-refractivity contribution in [3.63, 3.8) is 0 Å². The monoisotopic (exact) mass is 493 g/mol. The summed E-state index contributed by atoms with van der Waals surface area (Å²) in [6, 6.07) is 0. The van der Waals surface area contributed by atoms with Crippen LogP contribution in [0.5, 0.6) is 0 Å². The second-order valence-corrected chi connectivity index (χ2v) is 6.25. The van der Waals surface area contributed by atoms with E-state index in [1.54, 1.807) is 54.7 Å². The lowest BCUT2D eigenvalue weighted by molar-refractivity contribution is -0.140. The van der Waals surface area contributed by atoms with Crippen LogP contribution in [0.4, 0.5) is 0 Å². The number of hydrogen-bond donors (Lipinski definition) is 1. The highest BCUT2D eigenvalue weighted by atomic mass is 16.4. The minimum absolute atomic E-state index is 0.223. The van der Waals surface area contributed by atoms with Crippen molar-refractivity contribution in [3.05, 3.63) is 110 Å². The van der Waals surface area contributed by atoms with Gasteiger partial charge in [0.15, 0.2) is 0 Å².